The summed E-state index contributed by atoms with van der Waals surface area (Å²) in [6, 6.07) is 0. The van der Waals surface area contributed by atoms with Crippen LogP contribution in [0.2, 0.25) is 0 Å². The van der Waals surface area contributed by atoms with Crippen molar-refractivity contribution in [3.8, 4) is 0 Å². The van der Waals surface area contributed by atoms with Gasteiger partial charge in [-0.1, -0.05) is 0 Å². The van der Waals surface area contributed by atoms with E-state index in [9.17, 15) is 0 Å². The first kappa shape index (κ1) is 15.8. The van der Waals surface area contributed by atoms with Gasteiger partial charge in [0.05, 0.1) is 0 Å². The molecular weight excluding hydrogens is 146 g/mol. The molecule has 0 saturated carbocycles. The molecule has 0 saturated heterocycles. The molecule has 2 N–H and O–H groups in total. The van der Waals surface area contributed by atoms with Gasteiger partial charge in [-0.15, -0.1) is 24.8 Å². The molecule has 0 rings (SSSR count). The number of hydrogen-bond donors (Lipinski definition) is 2. The highest BCUT2D eigenvalue weighted by Crippen LogP contribution is 2.12. The molecule has 0 atom stereocenters. The minimum Gasteiger partial charge on any atom is -0.350 e. The van der Waals surface area contributed by atoms with Crippen LogP contribution in [-0.4, -0.2) is 16.5 Å². The fourth-order valence-electron chi connectivity index (χ4n) is 0. The normalized spacial score (nSPS) is 6.00. The average molecular weight is 153 g/mol. The van der Waals surface area contributed by atoms with E-state index in [1.165, 1.54) is 6.66 Å². The van der Waals surface area contributed by atoms with Crippen LogP contribution in [0.4, 0.5) is 0 Å². The molecule has 0 aliphatic carbocycles. The van der Waals surface area contributed by atoms with Crippen molar-refractivity contribution in [1.29, 1.82) is 0 Å². The maximum atomic E-state index is 7.68. The van der Waals surface area contributed by atoms with Gasteiger partial charge in [-0.05, 0) is 0 Å². The Labute approximate surface area is 50.3 Å². The Bertz CT molecular complexity index is 16.3. The van der Waals surface area contributed by atoms with Crippen molar-refractivity contribution >= 4 is 33.2 Å². The van der Waals surface area contributed by atoms with Crippen LogP contribution in [0.25, 0.3) is 0 Å². The highest BCUT2D eigenvalue weighted by Gasteiger charge is 1.72. The van der Waals surface area contributed by atoms with E-state index in [0.717, 1.165) is 0 Å². The zero-order valence-electron chi connectivity index (χ0n) is 3.16. The third kappa shape index (κ3) is 88.0. The fourth-order valence-corrected chi connectivity index (χ4v) is 0. The lowest BCUT2D eigenvalue weighted by Gasteiger charge is -1.79. The Morgan fingerprint density at radius 3 is 1.17 bits per heavy atom. The summed E-state index contributed by atoms with van der Waals surface area (Å²) < 4.78 is 0. The van der Waals surface area contributed by atoms with Gasteiger partial charge in [0, 0.05) is 6.66 Å². The Morgan fingerprint density at radius 1 is 1.17 bits per heavy atom. The SMILES string of the molecule is CP(O)O.Cl.Cl. The van der Waals surface area contributed by atoms with Crippen molar-refractivity contribution in [3.63, 3.8) is 0 Å². The fraction of sp³-hybridized carbons (Fsp3) is 1.00. The van der Waals surface area contributed by atoms with Gasteiger partial charge in [-0.3, -0.25) is 0 Å². The van der Waals surface area contributed by atoms with Gasteiger partial charge in [-0.2, -0.15) is 0 Å². The maximum Gasteiger partial charge on any atom is 0.161 e. The molecule has 5 heteroatoms. The lowest BCUT2D eigenvalue weighted by molar-refractivity contribution is 0.491. The molecular formula is CH7Cl2O2P. The van der Waals surface area contributed by atoms with Crippen molar-refractivity contribution in [2.24, 2.45) is 0 Å². The highest BCUT2D eigenvalue weighted by molar-refractivity contribution is 7.44. The molecule has 0 radical (unpaired) electrons. The second kappa shape index (κ2) is 9.33. The first-order chi connectivity index (χ1) is 1.73. The topological polar surface area (TPSA) is 40.5 Å². The Kier molecular flexibility index (Phi) is 24.5. The van der Waals surface area contributed by atoms with Gasteiger partial charge in [0.1, 0.15) is 0 Å². The van der Waals surface area contributed by atoms with Crippen molar-refractivity contribution in [3.05, 3.63) is 0 Å². The maximum absolute atomic E-state index is 7.68. The molecule has 0 spiro atoms. The minimum atomic E-state index is -1.62. The van der Waals surface area contributed by atoms with Gasteiger partial charge < -0.3 is 9.79 Å². The summed E-state index contributed by atoms with van der Waals surface area (Å²) in [5.74, 6) is 0. The first-order valence-electron chi connectivity index (χ1n) is 0.847. The lowest BCUT2D eigenvalue weighted by atomic mass is 12.0. The zero-order chi connectivity index (χ0) is 3.58. The predicted molar refractivity (Wildman–Crippen MR) is 31.8 cm³/mol. The molecule has 0 aromatic rings. The lowest BCUT2D eigenvalue weighted by Crippen LogP contribution is -1.52. The quantitative estimate of drug-likeness (QED) is 0.504. The van der Waals surface area contributed by atoms with Gasteiger partial charge >= 0.3 is 0 Å². The van der Waals surface area contributed by atoms with E-state index in [1.54, 1.807) is 0 Å². The molecule has 42 valence electrons. The van der Waals surface area contributed by atoms with Crippen molar-refractivity contribution in [1.82, 2.24) is 0 Å². The Balaban J connectivity index is -0.0000000450. The molecule has 0 aliphatic heterocycles. The van der Waals surface area contributed by atoms with E-state index in [4.69, 9.17) is 9.79 Å². The smallest absolute Gasteiger partial charge is 0.161 e. The zero-order valence-corrected chi connectivity index (χ0v) is 5.69. The molecule has 0 aromatic heterocycles. The standard InChI is InChI=1S/CH5O2P.2ClH/c1-4(2)3;;/h2-3H,1H3;2*1H. The van der Waals surface area contributed by atoms with Crippen LogP contribution >= 0.6 is 33.2 Å². The van der Waals surface area contributed by atoms with Crippen molar-refractivity contribution < 1.29 is 9.79 Å². The van der Waals surface area contributed by atoms with Crippen LogP contribution in [0.5, 0.6) is 0 Å². The van der Waals surface area contributed by atoms with E-state index >= 15 is 0 Å². The molecule has 0 amide bonds. The van der Waals surface area contributed by atoms with E-state index in [1.807, 2.05) is 0 Å². The van der Waals surface area contributed by atoms with Crippen LogP contribution in [0, 0.1) is 0 Å². The van der Waals surface area contributed by atoms with E-state index < -0.39 is 8.38 Å². The monoisotopic (exact) mass is 152 g/mol. The highest BCUT2D eigenvalue weighted by atomic mass is 35.5. The first-order valence-corrected chi connectivity index (χ1v) is 2.54. The van der Waals surface area contributed by atoms with Crippen LogP contribution < -0.4 is 0 Å². The van der Waals surface area contributed by atoms with Gasteiger partial charge in [0.15, 0.2) is 8.38 Å². The number of halogens is 2. The molecule has 0 bridgehead atoms. The largest absolute Gasteiger partial charge is 0.350 e. The second-order valence-corrected chi connectivity index (χ2v) is 1.47. The van der Waals surface area contributed by atoms with Crippen LogP contribution in [0.15, 0.2) is 0 Å². The number of rotatable bonds is 0. The van der Waals surface area contributed by atoms with Gasteiger partial charge in [0.25, 0.3) is 0 Å². The van der Waals surface area contributed by atoms with Gasteiger partial charge in [0.2, 0.25) is 0 Å². The van der Waals surface area contributed by atoms with Crippen LogP contribution in [-0.2, 0) is 0 Å². The molecule has 6 heavy (non-hydrogen) atoms. The summed E-state index contributed by atoms with van der Waals surface area (Å²) in [4.78, 5) is 15.4. The average Bonchev–Trinajstić information content (AvgIpc) is 0.811. The molecule has 0 fully saturated rings. The van der Waals surface area contributed by atoms with Crippen LogP contribution in [0.3, 0.4) is 0 Å². The number of hydrogen-bond acceptors (Lipinski definition) is 2. The van der Waals surface area contributed by atoms with E-state index in [0.29, 0.717) is 0 Å². The second-order valence-electron chi connectivity index (χ2n) is 0.489. The van der Waals surface area contributed by atoms with Crippen LogP contribution in [0.1, 0.15) is 0 Å². The third-order valence-corrected chi connectivity index (χ3v) is 0. The molecule has 0 aromatic carbocycles. The summed E-state index contributed by atoms with van der Waals surface area (Å²) in [5.41, 5.74) is 0. The Hall–Kier alpha value is 0.930. The minimum absolute atomic E-state index is 0. The summed E-state index contributed by atoms with van der Waals surface area (Å²) >= 11 is 0. The van der Waals surface area contributed by atoms with E-state index in [-0.39, 0.29) is 24.8 Å². The molecule has 0 heterocycles. The predicted octanol–water partition coefficient (Wildman–Crippen LogP) is 0.756. The summed E-state index contributed by atoms with van der Waals surface area (Å²) in [6.45, 7) is 1.34. The summed E-state index contributed by atoms with van der Waals surface area (Å²) in [7, 11) is -1.62. The summed E-state index contributed by atoms with van der Waals surface area (Å²) in [5, 5.41) is 0. The van der Waals surface area contributed by atoms with Crippen molar-refractivity contribution in [2.75, 3.05) is 6.66 Å². The summed E-state index contributed by atoms with van der Waals surface area (Å²) in [6.07, 6.45) is 0. The third-order valence-electron chi connectivity index (χ3n) is 0. The van der Waals surface area contributed by atoms with Gasteiger partial charge in [-0.25, -0.2) is 0 Å². The van der Waals surface area contributed by atoms with Crippen molar-refractivity contribution in [2.45, 2.75) is 0 Å². The Morgan fingerprint density at radius 2 is 1.17 bits per heavy atom. The molecule has 0 unspecified atom stereocenters. The molecule has 2 nitrogen and oxygen atoms in total. The molecule has 0 aliphatic rings. The van der Waals surface area contributed by atoms with E-state index in [2.05, 4.69) is 0 Å².